The van der Waals surface area contributed by atoms with Gasteiger partial charge in [-0.25, -0.2) is 9.97 Å². The standard InChI is InChI=1S/C36H41N5O3/c1-3-20-44-21-13-36(43)41-18-16-40(17-19-41)26-28-8-10-30(11-9-28)34(42)23-29-7-6-27(2)32(22-29)24-35-38-15-12-33(39-35)31-5-4-14-37-25-31/h4-12,14-15,22,25H,3,13,16-21,23-24,26H2,1-2H3. The topological polar surface area (TPSA) is 88.5 Å². The Morgan fingerprint density at radius 1 is 0.909 bits per heavy atom. The Bertz CT molecular complexity index is 1530. The third-order valence-electron chi connectivity index (χ3n) is 8.01. The van der Waals surface area contributed by atoms with Crippen LogP contribution in [0.1, 0.15) is 58.2 Å². The maximum Gasteiger partial charge on any atom is 0.224 e. The number of Topliss-reactive ketones (excluding diaryl/α,β-unsaturated/α-hetero) is 1. The molecular weight excluding hydrogens is 550 g/mol. The van der Waals surface area contributed by atoms with Gasteiger partial charge in [-0.2, -0.15) is 0 Å². The molecule has 228 valence electrons. The lowest BCUT2D eigenvalue weighted by Gasteiger charge is -2.34. The highest BCUT2D eigenvalue weighted by Crippen LogP contribution is 2.20. The summed E-state index contributed by atoms with van der Waals surface area (Å²) in [6.45, 7) is 9.32. The smallest absolute Gasteiger partial charge is 0.224 e. The van der Waals surface area contributed by atoms with Crippen LogP contribution in [0.2, 0.25) is 0 Å². The van der Waals surface area contributed by atoms with Crippen LogP contribution in [0, 0.1) is 6.92 Å². The highest BCUT2D eigenvalue weighted by Gasteiger charge is 2.21. The molecule has 2 aromatic heterocycles. The zero-order chi connectivity index (χ0) is 30.7. The number of carbonyl (C=O) groups is 2. The third-order valence-corrected chi connectivity index (χ3v) is 8.01. The Hall–Kier alpha value is -4.27. The van der Waals surface area contributed by atoms with Crippen molar-refractivity contribution < 1.29 is 14.3 Å². The second-order valence-corrected chi connectivity index (χ2v) is 11.4. The summed E-state index contributed by atoms with van der Waals surface area (Å²) in [6.07, 6.45) is 7.68. The van der Waals surface area contributed by atoms with Crippen molar-refractivity contribution in [3.05, 3.63) is 113 Å². The number of hydrogen-bond donors (Lipinski definition) is 0. The fourth-order valence-corrected chi connectivity index (χ4v) is 5.42. The molecule has 1 saturated heterocycles. The molecule has 4 aromatic rings. The number of ketones is 1. The maximum atomic E-state index is 13.2. The van der Waals surface area contributed by atoms with E-state index in [1.165, 1.54) is 5.56 Å². The number of hydrogen-bond acceptors (Lipinski definition) is 7. The molecule has 8 nitrogen and oxygen atoms in total. The quantitative estimate of drug-likeness (QED) is 0.154. The molecule has 0 saturated carbocycles. The molecule has 0 radical (unpaired) electrons. The number of pyridine rings is 1. The normalized spacial score (nSPS) is 13.6. The van der Waals surface area contributed by atoms with E-state index in [9.17, 15) is 9.59 Å². The monoisotopic (exact) mass is 591 g/mol. The molecular formula is C36H41N5O3. The zero-order valence-corrected chi connectivity index (χ0v) is 25.7. The van der Waals surface area contributed by atoms with Gasteiger partial charge in [-0.15, -0.1) is 0 Å². The molecule has 0 unspecified atom stereocenters. The summed E-state index contributed by atoms with van der Waals surface area (Å²) < 4.78 is 5.46. The number of benzene rings is 2. The van der Waals surface area contributed by atoms with Crippen molar-refractivity contribution in [2.24, 2.45) is 0 Å². The van der Waals surface area contributed by atoms with Crippen molar-refractivity contribution in [1.29, 1.82) is 0 Å². The molecule has 1 aliphatic heterocycles. The molecule has 0 aliphatic carbocycles. The molecule has 0 bridgehead atoms. The first-order valence-corrected chi connectivity index (χ1v) is 15.5. The Labute approximate surface area is 260 Å². The number of nitrogens with zero attached hydrogens (tertiary/aromatic N) is 5. The first-order valence-electron chi connectivity index (χ1n) is 15.5. The Morgan fingerprint density at radius 3 is 2.45 bits per heavy atom. The molecule has 44 heavy (non-hydrogen) atoms. The van der Waals surface area contributed by atoms with E-state index in [-0.39, 0.29) is 11.7 Å². The summed E-state index contributed by atoms with van der Waals surface area (Å²) in [5, 5.41) is 0. The van der Waals surface area contributed by atoms with Crippen LogP contribution in [0.25, 0.3) is 11.3 Å². The Kier molecular flexibility index (Phi) is 10.9. The van der Waals surface area contributed by atoms with Crippen LogP contribution < -0.4 is 0 Å². The van der Waals surface area contributed by atoms with Crippen LogP contribution in [0.15, 0.2) is 79.3 Å². The van der Waals surface area contributed by atoms with Crippen LogP contribution in [-0.4, -0.2) is 75.8 Å². The lowest BCUT2D eigenvalue weighted by Crippen LogP contribution is -2.48. The molecule has 1 amide bonds. The number of ether oxygens (including phenoxy) is 1. The first-order chi connectivity index (χ1) is 21.5. The van der Waals surface area contributed by atoms with Crippen LogP contribution >= 0.6 is 0 Å². The third kappa shape index (κ3) is 8.65. The van der Waals surface area contributed by atoms with Crippen molar-refractivity contribution in [2.45, 2.75) is 46.1 Å². The molecule has 1 fully saturated rings. The molecule has 0 atom stereocenters. The van der Waals surface area contributed by atoms with E-state index in [4.69, 9.17) is 9.72 Å². The van der Waals surface area contributed by atoms with Gasteiger partial charge in [0.25, 0.3) is 0 Å². The summed E-state index contributed by atoms with van der Waals surface area (Å²) in [5.74, 6) is 1.00. The molecule has 8 heteroatoms. The minimum absolute atomic E-state index is 0.0937. The van der Waals surface area contributed by atoms with E-state index in [0.717, 1.165) is 72.9 Å². The van der Waals surface area contributed by atoms with E-state index < -0.39 is 0 Å². The molecule has 5 rings (SSSR count). The second-order valence-electron chi connectivity index (χ2n) is 11.4. The Balaban J connectivity index is 1.13. The van der Waals surface area contributed by atoms with E-state index in [1.807, 2.05) is 53.4 Å². The maximum absolute atomic E-state index is 13.2. The summed E-state index contributed by atoms with van der Waals surface area (Å²) in [4.78, 5) is 43.4. The second kappa shape index (κ2) is 15.5. The average molecular weight is 592 g/mol. The van der Waals surface area contributed by atoms with Crippen molar-refractivity contribution >= 4 is 11.7 Å². The summed E-state index contributed by atoms with van der Waals surface area (Å²) >= 11 is 0. The molecule has 1 aliphatic rings. The van der Waals surface area contributed by atoms with E-state index in [1.54, 1.807) is 18.6 Å². The van der Waals surface area contributed by atoms with Crippen LogP contribution in [0.3, 0.4) is 0 Å². The van der Waals surface area contributed by atoms with Gasteiger partial charge in [0.2, 0.25) is 5.91 Å². The number of aryl methyl sites for hydroxylation is 1. The van der Waals surface area contributed by atoms with E-state index in [2.05, 4.69) is 40.8 Å². The van der Waals surface area contributed by atoms with Gasteiger partial charge in [-0.3, -0.25) is 19.5 Å². The predicted octanol–water partition coefficient (Wildman–Crippen LogP) is 5.32. The first kappa shape index (κ1) is 31.2. The number of piperazine rings is 1. The summed E-state index contributed by atoms with van der Waals surface area (Å²) in [5.41, 5.74) is 6.91. The minimum atomic E-state index is 0.0937. The van der Waals surface area contributed by atoms with Crippen LogP contribution in [0.5, 0.6) is 0 Å². The van der Waals surface area contributed by atoms with Crippen LogP contribution in [0.4, 0.5) is 0 Å². The highest BCUT2D eigenvalue weighted by atomic mass is 16.5. The summed E-state index contributed by atoms with van der Waals surface area (Å²) in [6, 6.07) is 19.9. The van der Waals surface area contributed by atoms with Gasteiger partial charge in [0.05, 0.1) is 18.7 Å². The molecule has 0 spiro atoms. The van der Waals surface area contributed by atoms with Gasteiger partial charge in [0.1, 0.15) is 5.82 Å². The van der Waals surface area contributed by atoms with Gasteiger partial charge >= 0.3 is 0 Å². The minimum Gasteiger partial charge on any atom is -0.381 e. The average Bonchev–Trinajstić information content (AvgIpc) is 3.06. The van der Waals surface area contributed by atoms with Gasteiger partial charge in [0.15, 0.2) is 5.78 Å². The van der Waals surface area contributed by atoms with Gasteiger partial charge in [-0.1, -0.05) is 49.4 Å². The fraction of sp³-hybridized carbons (Fsp3) is 0.361. The molecule has 3 heterocycles. The molecule has 0 N–H and O–H groups in total. The number of aromatic nitrogens is 3. The Morgan fingerprint density at radius 2 is 1.70 bits per heavy atom. The lowest BCUT2D eigenvalue weighted by atomic mass is 9.97. The van der Waals surface area contributed by atoms with Crippen molar-refractivity contribution in [1.82, 2.24) is 24.8 Å². The van der Waals surface area contributed by atoms with Gasteiger partial charge in [0, 0.05) is 81.9 Å². The van der Waals surface area contributed by atoms with Crippen molar-refractivity contribution in [3.63, 3.8) is 0 Å². The molecule has 2 aromatic carbocycles. The van der Waals surface area contributed by atoms with E-state index >= 15 is 0 Å². The largest absolute Gasteiger partial charge is 0.381 e. The highest BCUT2D eigenvalue weighted by molar-refractivity contribution is 5.97. The number of amides is 1. The van der Waals surface area contributed by atoms with Crippen molar-refractivity contribution in [3.8, 4) is 11.3 Å². The number of rotatable bonds is 13. The predicted molar refractivity (Wildman–Crippen MR) is 171 cm³/mol. The van der Waals surface area contributed by atoms with E-state index in [0.29, 0.717) is 38.0 Å². The fourth-order valence-electron chi connectivity index (χ4n) is 5.42. The van der Waals surface area contributed by atoms with Crippen molar-refractivity contribution in [2.75, 3.05) is 39.4 Å². The number of carbonyl (C=O) groups excluding carboxylic acids is 2. The SMILES string of the molecule is CCCOCCC(=O)N1CCN(Cc2ccc(C(=O)Cc3ccc(C)c(Cc4nccc(-c5cccnc5)n4)c3)cc2)CC1. The lowest BCUT2D eigenvalue weighted by molar-refractivity contribution is -0.134. The van der Waals surface area contributed by atoms with Gasteiger partial charge in [-0.05, 0) is 53.8 Å². The van der Waals surface area contributed by atoms with Gasteiger partial charge < -0.3 is 9.64 Å². The van der Waals surface area contributed by atoms with Crippen LogP contribution in [-0.2, 0) is 28.9 Å². The summed E-state index contributed by atoms with van der Waals surface area (Å²) in [7, 11) is 0. The zero-order valence-electron chi connectivity index (χ0n) is 25.7.